The number of aryl methyl sites for hydroxylation is 1. The maximum atomic E-state index is 13.2. The standard InChI is InChI=1S/C17H16FNO/c1-3-10-20-17-7-5-4-6-14(17)12-19-16-11-15(18)9-8-13(16)2/h1,4-9,11,19H,10,12H2,2H3. The number of benzene rings is 2. The molecule has 0 spiro atoms. The molecule has 0 fully saturated rings. The van der Waals surface area contributed by atoms with Crippen LogP contribution in [0, 0.1) is 25.1 Å². The van der Waals surface area contributed by atoms with Gasteiger partial charge < -0.3 is 10.1 Å². The third-order valence-electron chi connectivity index (χ3n) is 2.95. The Kier molecular flexibility index (Phi) is 4.62. The molecule has 2 nitrogen and oxygen atoms in total. The van der Waals surface area contributed by atoms with Gasteiger partial charge in [0.1, 0.15) is 18.2 Å². The summed E-state index contributed by atoms with van der Waals surface area (Å²) in [4.78, 5) is 0. The van der Waals surface area contributed by atoms with E-state index in [1.807, 2.05) is 31.2 Å². The maximum absolute atomic E-state index is 13.2. The molecule has 0 amide bonds. The molecule has 2 aromatic rings. The first-order valence-electron chi connectivity index (χ1n) is 6.35. The van der Waals surface area contributed by atoms with Crippen molar-refractivity contribution in [3.05, 3.63) is 59.4 Å². The van der Waals surface area contributed by atoms with Gasteiger partial charge in [-0.2, -0.15) is 0 Å². The zero-order valence-corrected chi connectivity index (χ0v) is 11.3. The minimum Gasteiger partial charge on any atom is -0.481 e. The van der Waals surface area contributed by atoms with Gasteiger partial charge in [0.15, 0.2) is 0 Å². The van der Waals surface area contributed by atoms with E-state index < -0.39 is 0 Å². The van der Waals surface area contributed by atoms with Crippen LogP contribution in [0.2, 0.25) is 0 Å². The monoisotopic (exact) mass is 269 g/mol. The first-order chi connectivity index (χ1) is 9.70. The number of para-hydroxylation sites is 1. The van der Waals surface area contributed by atoms with Gasteiger partial charge in [-0.05, 0) is 30.7 Å². The molecular weight excluding hydrogens is 253 g/mol. The number of halogens is 1. The summed E-state index contributed by atoms with van der Waals surface area (Å²) in [6.45, 7) is 2.71. The fourth-order valence-corrected chi connectivity index (χ4v) is 1.89. The second-order valence-corrected chi connectivity index (χ2v) is 4.41. The number of hydrogen-bond acceptors (Lipinski definition) is 2. The second kappa shape index (κ2) is 6.63. The van der Waals surface area contributed by atoms with Crippen LogP contribution in [-0.4, -0.2) is 6.61 Å². The third kappa shape index (κ3) is 3.52. The summed E-state index contributed by atoms with van der Waals surface area (Å²) in [6.07, 6.45) is 5.20. The summed E-state index contributed by atoms with van der Waals surface area (Å²) in [5, 5.41) is 3.22. The van der Waals surface area contributed by atoms with E-state index in [9.17, 15) is 4.39 Å². The van der Waals surface area contributed by atoms with E-state index in [4.69, 9.17) is 11.2 Å². The Balaban J connectivity index is 2.11. The summed E-state index contributed by atoms with van der Waals surface area (Å²) >= 11 is 0. The van der Waals surface area contributed by atoms with Gasteiger partial charge in [-0.1, -0.05) is 30.2 Å². The van der Waals surface area contributed by atoms with Crippen LogP contribution < -0.4 is 10.1 Å². The van der Waals surface area contributed by atoms with Crippen LogP contribution in [0.1, 0.15) is 11.1 Å². The lowest BCUT2D eigenvalue weighted by atomic mass is 10.1. The van der Waals surface area contributed by atoms with Gasteiger partial charge in [-0.25, -0.2) is 4.39 Å². The quantitative estimate of drug-likeness (QED) is 0.834. The van der Waals surface area contributed by atoms with Crippen molar-refractivity contribution in [2.45, 2.75) is 13.5 Å². The minimum atomic E-state index is -0.255. The van der Waals surface area contributed by atoms with E-state index >= 15 is 0 Å². The number of hydrogen-bond donors (Lipinski definition) is 1. The molecule has 0 aromatic heterocycles. The van der Waals surface area contributed by atoms with Crippen molar-refractivity contribution in [2.24, 2.45) is 0 Å². The van der Waals surface area contributed by atoms with E-state index in [0.717, 1.165) is 22.6 Å². The lowest BCUT2D eigenvalue weighted by Crippen LogP contribution is -2.04. The number of ether oxygens (including phenoxy) is 1. The van der Waals surface area contributed by atoms with Crippen molar-refractivity contribution in [1.82, 2.24) is 0 Å². The van der Waals surface area contributed by atoms with E-state index in [2.05, 4.69) is 11.2 Å². The van der Waals surface area contributed by atoms with Crippen molar-refractivity contribution >= 4 is 5.69 Å². The van der Waals surface area contributed by atoms with E-state index in [1.54, 1.807) is 6.07 Å². The molecule has 1 N–H and O–H groups in total. The molecule has 102 valence electrons. The Labute approximate surface area is 118 Å². The Hall–Kier alpha value is -2.47. The lowest BCUT2D eigenvalue weighted by Gasteiger charge is -2.13. The van der Waals surface area contributed by atoms with Crippen molar-refractivity contribution in [3.8, 4) is 18.1 Å². The van der Waals surface area contributed by atoms with E-state index in [1.165, 1.54) is 12.1 Å². The SMILES string of the molecule is C#CCOc1ccccc1CNc1cc(F)ccc1C. The second-order valence-electron chi connectivity index (χ2n) is 4.41. The fourth-order valence-electron chi connectivity index (χ4n) is 1.89. The highest BCUT2D eigenvalue weighted by Crippen LogP contribution is 2.21. The average Bonchev–Trinajstić information content (AvgIpc) is 2.47. The van der Waals surface area contributed by atoms with Crippen LogP contribution in [0.15, 0.2) is 42.5 Å². The summed E-state index contributed by atoms with van der Waals surface area (Å²) in [6, 6.07) is 12.3. The van der Waals surface area contributed by atoms with Gasteiger partial charge in [-0.15, -0.1) is 6.42 Å². The van der Waals surface area contributed by atoms with Crippen LogP contribution >= 0.6 is 0 Å². The zero-order valence-electron chi connectivity index (χ0n) is 11.3. The molecule has 0 unspecified atom stereocenters. The van der Waals surface area contributed by atoms with Crippen LogP contribution in [0.4, 0.5) is 10.1 Å². The van der Waals surface area contributed by atoms with Gasteiger partial charge in [0.2, 0.25) is 0 Å². The predicted octanol–water partition coefficient (Wildman–Crippen LogP) is 3.76. The molecule has 2 rings (SSSR count). The van der Waals surface area contributed by atoms with Gasteiger partial charge >= 0.3 is 0 Å². The Morgan fingerprint density at radius 3 is 2.85 bits per heavy atom. The van der Waals surface area contributed by atoms with Crippen molar-refractivity contribution < 1.29 is 9.13 Å². The number of rotatable bonds is 5. The van der Waals surface area contributed by atoms with E-state index in [-0.39, 0.29) is 12.4 Å². The van der Waals surface area contributed by atoms with Gasteiger partial charge in [-0.3, -0.25) is 0 Å². The molecule has 0 aliphatic heterocycles. The van der Waals surface area contributed by atoms with Crippen LogP contribution in [0.5, 0.6) is 5.75 Å². The first kappa shape index (κ1) is 14.0. The predicted molar refractivity (Wildman–Crippen MR) is 79.2 cm³/mol. The summed E-state index contributed by atoms with van der Waals surface area (Å²) in [5.41, 5.74) is 2.75. The van der Waals surface area contributed by atoms with E-state index in [0.29, 0.717) is 6.54 Å². The van der Waals surface area contributed by atoms with Gasteiger partial charge in [0.25, 0.3) is 0 Å². The minimum absolute atomic E-state index is 0.232. The Morgan fingerprint density at radius 2 is 2.05 bits per heavy atom. The largest absolute Gasteiger partial charge is 0.481 e. The smallest absolute Gasteiger partial charge is 0.148 e. The molecule has 3 heteroatoms. The highest BCUT2D eigenvalue weighted by atomic mass is 19.1. The molecule has 0 saturated heterocycles. The van der Waals surface area contributed by atoms with Crippen LogP contribution in [0.3, 0.4) is 0 Å². The molecule has 0 bridgehead atoms. The average molecular weight is 269 g/mol. The summed E-state index contributed by atoms with van der Waals surface area (Å²) in [5.74, 6) is 2.93. The molecule has 0 aliphatic carbocycles. The van der Waals surface area contributed by atoms with Gasteiger partial charge in [0.05, 0.1) is 0 Å². The number of terminal acetylenes is 1. The molecular formula is C17H16FNO. The number of anilines is 1. The number of nitrogens with one attached hydrogen (secondary N) is 1. The normalized spacial score (nSPS) is 9.85. The highest BCUT2D eigenvalue weighted by Gasteiger charge is 2.04. The van der Waals surface area contributed by atoms with Crippen molar-refractivity contribution in [3.63, 3.8) is 0 Å². The highest BCUT2D eigenvalue weighted by molar-refractivity contribution is 5.51. The zero-order chi connectivity index (χ0) is 14.4. The topological polar surface area (TPSA) is 21.3 Å². The third-order valence-corrected chi connectivity index (χ3v) is 2.95. The Morgan fingerprint density at radius 1 is 1.25 bits per heavy atom. The molecule has 0 atom stereocenters. The maximum Gasteiger partial charge on any atom is 0.148 e. The molecule has 20 heavy (non-hydrogen) atoms. The van der Waals surface area contributed by atoms with Crippen molar-refractivity contribution in [2.75, 3.05) is 11.9 Å². The molecule has 0 radical (unpaired) electrons. The summed E-state index contributed by atoms with van der Waals surface area (Å²) in [7, 11) is 0. The Bertz CT molecular complexity index is 631. The molecule has 0 heterocycles. The fraction of sp³-hybridized carbons (Fsp3) is 0.176. The van der Waals surface area contributed by atoms with Crippen LogP contribution in [0.25, 0.3) is 0 Å². The van der Waals surface area contributed by atoms with Gasteiger partial charge in [0, 0.05) is 17.8 Å². The molecule has 0 saturated carbocycles. The lowest BCUT2D eigenvalue weighted by molar-refractivity contribution is 0.366. The van der Waals surface area contributed by atoms with Crippen LogP contribution in [-0.2, 0) is 6.54 Å². The summed E-state index contributed by atoms with van der Waals surface area (Å²) < 4.78 is 18.7. The first-order valence-corrected chi connectivity index (χ1v) is 6.35. The molecule has 2 aromatic carbocycles. The molecule has 0 aliphatic rings. The van der Waals surface area contributed by atoms with Crippen molar-refractivity contribution in [1.29, 1.82) is 0 Å².